The number of hydrogen-bond donors (Lipinski definition) is 2. The highest BCUT2D eigenvalue weighted by molar-refractivity contribution is 5.95. The van der Waals surface area contributed by atoms with E-state index in [0.717, 1.165) is 0 Å². The average molecular weight is 651 g/mol. The van der Waals surface area contributed by atoms with Gasteiger partial charge in [-0.15, -0.1) is 10.2 Å². The van der Waals surface area contributed by atoms with Gasteiger partial charge in [-0.05, 0) is 0 Å². The van der Waals surface area contributed by atoms with Gasteiger partial charge in [-0.2, -0.15) is 0 Å². The highest BCUT2D eigenvalue weighted by Crippen LogP contribution is 2.39. The van der Waals surface area contributed by atoms with E-state index < -0.39 is 11.9 Å². The molecule has 0 radical (unpaired) electrons. The van der Waals surface area contributed by atoms with Crippen molar-refractivity contribution in [3.05, 3.63) is 35.4 Å². The molecule has 0 aliphatic carbocycles. The zero-order valence-corrected chi connectivity index (χ0v) is 25.3. The first-order chi connectivity index (χ1) is 22.5. The standard InChI is InChI=1S/C30H38N2O14/c33-29(34)21-17-25-27(45-15-11-41-7-3-37-1-5-39-9-13-43-25)19-23(21)31-32-24-20-28-26(18-22(24)30(35)36)44-14-10-40-6-2-38-4-8-42-12-16-46-28/h17-20H,1-16H2,(H,33,34)(H,35,36). The minimum absolute atomic E-state index is 0.101. The molecule has 0 bridgehead atoms. The van der Waals surface area contributed by atoms with Crippen LogP contribution in [0.15, 0.2) is 34.5 Å². The second-order valence-electron chi connectivity index (χ2n) is 9.51. The van der Waals surface area contributed by atoms with Gasteiger partial charge in [0.15, 0.2) is 23.0 Å². The van der Waals surface area contributed by atoms with E-state index in [9.17, 15) is 19.8 Å². The van der Waals surface area contributed by atoms with Crippen LogP contribution in [0.5, 0.6) is 23.0 Å². The van der Waals surface area contributed by atoms with Gasteiger partial charge >= 0.3 is 11.9 Å². The van der Waals surface area contributed by atoms with Gasteiger partial charge in [0.2, 0.25) is 0 Å². The molecule has 16 nitrogen and oxygen atoms in total. The van der Waals surface area contributed by atoms with Crippen molar-refractivity contribution in [2.45, 2.75) is 0 Å². The first-order valence-electron chi connectivity index (χ1n) is 14.7. The Morgan fingerprint density at radius 2 is 0.652 bits per heavy atom. The number of rotatable bonds is 4. The normalized spacial score (nSPS) is 18.3. The van der Waals surface area contributed by atoms with E-state index in [-0.39, 0.29) is 98.4 Å². The topological polar surface area (TPSA) is 192 Å². The Morgan fingerprint density at radius 3 is 0.913 bits per heavy atom. The molecule has 2 aromatic carbocycles. The number of benzene rings is 2. The molecular formula is C30H38N2O14. The summed E-state index contributed by atoms with van der Waals surface area (Å²) in [5, 5.41) is 28.2. The lowest BCUT2D eigenvalue weighted by molar-refractivity contribution is 0.00708. The van der Waals surface area contributed by atoms with E-state index in [1.807, 2.05) is 0 Å². The molecule has 2 aliphatic rings. The number of fused-ring (bicyclic) bond motifs is 2. The maximum Gasteiger partial charge on any atom is 0.338 e. The predicted octanol–water partition coefficient (Wildman–Crippen LogP) is 3.14. The van der Waals surface area contributed by atoms with Crippen molar-refractivity contribution in [1.82, 2.24) is 0 Å². The molecule has 46 heavy (non-hydrogen) atoms. The molecular weight excluding hydrogens is 612 g/mol. The zero-order chi connectivity index (χ0) is 32.4. The van der Waals surface area contributed by atoms with Crippen LogP contribution in [0.2, 0.25) is 0 Å². The maximum atomic E-state index is 12.2. The van der Waals surface area contributed by atoms with E-state index in [2.05, 4.69) is 10.2 Å². The Hall–Kier alpha value is -4.06. The molecule has 2 N–H and O–H groups in total. The van der Waals surface area contributed by atoms with Crippen molar-refractivity contribution in [1.29, 1.82) is 0 Å². The largest absolute Gasteiger partial charge is 0.487 e. The number of ether oxygens (including phenoxy) is 10. The van der Waals surface area contributed by atoms with Gasteiger partial charge in [-0.1, -0.05) is 0 Å². The summed E-state index contributed by atoms with van der Waals surface area (Å²) < 4.78 is 55.9. The van der Waals surface area contributed by atoms with Gasteiger partial charge in [0.05, 0.1) is 90.4 Å². The van der Waals surface area contributed by atoms with Gasteiger partial charge in [0, 0.05) is 24.3 Å². The van der Waals surface area contributed by atoms with Gasteiger partial charge in [-0.3, -0.25) is 0 Å². The number of carboxylic acid groups (broad SMARTS) is 2. The Balaban J connectivity index is 1.63. The smallest absolute Gasteiger partial charge is 0.338 e. The molecule has 0 fully saturated rings. The lowest BCUT2D eigenvalue weighted by atomic mass is 10.1. The summed E-state index contributed by atoms with van der Waals surface area (Å²) in [6, 6.07) is 5.24. The van der Waals surface area contributed by atoms with E-state index in [1.54, 1.807) is 0 Å². The van der Waals surface area contributed by atoms with Gasteiger partial charge < -0.3 is 57.6 Å². The third kappa shape index (κ3) is 11.4. The zero-order valence-electron chi connectivity index (χ0n) is 25.3. The molecule has 0 amide bonds. The van der Waals surface area contributed by atoms with Gasteiger partial charge in [0.1, 0.15) is 37.8 Å². The number of carbonyl (C=O) groups is 2. The fraction of sp³-hybridized carbons (Fsp3) is 0.533. The van der Waals surface area contributed by atoms with Crippen LogP contribution < -0.4 is 18.9 Å². The van der Waals surface area contributed by atoms with Crippen LogP contribution in [0, 0.1) is 0 Å². The molecule has 2 aliphatic heterocycles. The first-order valence-corrected chi connectivity index (χ1v) is 14.7. The summed E-state index contributed by atoms with van der Waals surface area (Å²) in [6.45, 7) is 4.50. The van der Waals surface area contributed by atoms with Crippen molar-refractivity contribution in [3.8, 4) is 23.0 Å². The Kier molecular flexibility index (Phi) is 14.7. The summed E-state index contributed by atoms with van der Waals surface area (Å²) in [5.41, 5.74) is -0.700. The van der Waals surface area contributed by atoms with Crippen LogP contribution in [-0.2, 0) is 28.4 Å². The molecule has 2 aromatic rings. The molecule has 0 aromatic heterocycles. The van der Waals surface area contributed by atoms with Gasteiger partial charge in [-0.25, -0.2) is 9.59 Å². The van der Waals surface area contributed by atoms with Crippen LogP contribution in [0.1, 0.15) is 20.7 Å². The molecule has 252 valence electrons. The molecule has 0 atom stereocenters. The van der Waals surface area contributed by atoms with E-state index in [0.29, 0.717) is 52.9 Å². The first kappa shape index (κ1) is 34.8. The second kappa shape index (κ2) is 19.5. The predicted molar refractivity (Wildman–Crippen MR) is 158 cm³/mol. The third-order valence-electron chi connectivity index (χ3n) is 6.28. The molecule has 4 rings (SSSR count). The summed E-state index contributed by atoms with van der Waals surface area (Å²) in [7, 11) is 0. The summed E-state index contributed by atoms with van der Waals surface area (Å²) in [4.78, 5) is 24.4. The Labute approximate surface area is 265 Å². The van der Waals surface area contributed by atoms with Crippen LogP contribution in [0.25, 0.3) is 0 Å². The number of aromatic carboxylic acids is 2. The average Bonchev–Trinajstić information content (AvgIpc) is 3.06. The van der Waals surface area contributed by atoms with E-state index in [4.69, 9.17) is 47.4 Å². The van der Waals surface area contributed by atoms with E-state index >= 15 is 0 Å². The van der Waals surface area contributed by atoms with Gasteiger partial charge in [0.25, 0.3) is 0 Å². The Morgan fingerprint density at radius 1 is 0.413 bits per heavy atom. The lowest BCUT2D eigenvalue weighted by Crippen LogP contribution is -2.13. The minimum Gasteiger partial charge on any atom is -0.487 e. The fourth-order valence-corrected chi connectivity index (χ4v) is 4.09. The molecule has 0 saturated heterocycles. The third-order valence-corrected chi connectivity index (χ3v) is 6.28. The van der Waals surface area contributed by atoms with Crippen molar-refractivity contribution < 1.29 is 67.2 Å². The van der Waals surface area contributed by atoms with Crippen LogP contribution in [-0.4, -0.2) is 128 Å². The number of carboxylic acids is 2. The van der Waals surface area contributed by atoms with Crippen LogP contribution in [0.3, 0.4) is 0 Å². The monoisotopic (exact) mass is 650 g/mol. The van der Waals surface area contributed by atoms with E-state index in [1.165, 1.54) is 24.3 Å². The van der Waals surface area contributed by atoms with Crippen molar-refractivity contribution >= 4 is 23.3 Å². The van der Waals surface area contributed by atoms with Crippen molar-refractivity contribution in [2.24, 2.45) is 10.2 Å². The van der Waals surface area contributed by atoms with Crippen molar-refractivity contribution in [2.75, 3.05) is 106 Å². The molecule has 0 spiro atoms. The highest BCUT2D eigenvalue weighted by atomic mass is 16.6. The van der Waals surface area contributed by atoms with Crippen molar-refractivity contribution in [3.63, 3.8) is 0 Å². The maximum absolute atomic E-state index is 12.2. The SMILES string of the molecule is O=C(O)c1cc2c(cc1N=Nc1cc3c(cc1C(=O)O)OCCOCCOCCOCCO3)OCCOCCOCCOCCO2. The lowest BCUT2D eigenvalue weighted by Gasteiger charge is -2.15. The van der Waals surface area contributed by atoms with Crippen LogP contribution in [0.4, 0.5) is 11.4 Å². The molecule has 2 heterocycles. The number of nitrogens with zero attached hydrogens (tertiary/aromatic N) is 2. The Bertz CT molecular complexity index is 1210. The molecule has 0 saturated carbocycles. The summed E-state index contributed by atoms with van der Waals surface area (Å²) in [5.74, 6) is -1.93. The summed E-state index contributed by atoms with van der Waals surface area (Å²) >= 11 is 0. The fourth-order valence-electron chi connectivity index (χ4n) is 4.09. The van der Waals surface area contributed by atoms with Crippen LogP contribution >= 0.6 is 0 Å². The molecule has 16 heteroatoms. The quantitative estimate of drug-likeness (QED) is 0.459. The number of hydrogen-bond acceptors (Lipinski definition) is 14. The summed E-state index contributed by atoms with van der Waals surface area (Å²) in [6.07, 6.45) is 0. The minimum atomic E-state index is -1.31. The second-order valence-corrected chi connectivity index (χ2v) is 9.51. The highest BCUT2D eigenvalue weighted by Gasteiger charge is 2.20. The number of azo groups is 1. The molecule has 0 unspecified atom stereocenters.